The van der Waals surface area contributed by atoms with Crippen LogP contribution in [0.15, 0.2) is 48.5 Å². The quantitative estimate of drug-likeness (QED) is 0.354. The molecule has 2 saturated carbocycles. The third-order valence-corrected chi connectivity index (χ3v) is 8.75. The highest BCUT2D eigenvalue weighted by Crippen LogP contribution is 2.42. The summed E-state index contributed by atoms with van der Waals surface area (Å²) in [5.41, 5.74) is -0.612. The van der Waals surface area contributed by atoms with Gasteiger partial charge in [-0.2, -0.15) is 26.3 Å². The molecule has 2 aliphatic carbocycles. The van der Waals surface area contributed by atoms with Crippen LogP contribution in [-0.2, 0) is 23.2 Å². The van der Waals surface area contributed by atoms with Gasteiger partial charge in [-0.15, -0.1) is 0 Å². The number of likely N-dealkylation sites (N-methyl/N-ethyl adjacent to an activating group) is 2. The fourth-order valence-electron chi connectivity index (χ4n) is 6.78. The molecule has 2 N–H and O–H groups in total. The first-order valence-electron chi connectivity index (χ1n) is 14.5. The zero-order valence-corrected chi connectivity index (χ0v) is 24.9. The van der Waals surface area contributed by atoms with Crippen LogP contribution in [0, 0.1) is 0 Å². The molecule has 10 heteroatoms. The third-order valence-electron chi connectivity index (χ3n) is 8.75. The topological polar surface area (TPSA) is 46.9 Å². The molecule has 0 amide bonds. The number of nitrogens with zero attached hydrogens (tertiary/aromatic N) is 2. The summed E-state index contributed by atoms with van der Waals surface area (Å²) < 4.78 is 76.1. The Labute approximate surface area is 245 Å². The summed E-state index contributed by atoms with van der Waals surface area (Å²) in [6.07, 6.45) is -2.72. The summed E-state index contributed by atoms with van der Waals surface area (Å²) in [5.74, 6) is 0. The highest BCUT2D eigenvalue weighted by molar-refractivity contribution is 5.34. The summed E-state index contributed by atoms with van der Waals surface area (Å²) in [6.45, 7) is 1.28. The van der Waals surface area contributed by atoms with Gasteiger partial charge >= 0.3 is 12.4 Å². The Morgan fingerprint density at radius 3 is 1.14 bits per heavy atom. The van der Waals surface area contributed by atoms with E-state index < -0.39 is 46.5 Å². The van der Waals surface area contributed by atoms with Crippen molar-refractivity contribution < 1.29 is 36.6 Å². The van der Waals surface area contributed by atoms with Gasteiger partial charge in [0.1, 0.15) is 0 Å². The van der Waals surface area contributed by atoms with Crippen molar-refractivity contribution in [2.24, 2.45) is 0 Å². The molecule has 0 saturated heterocycles. The molecule has 4 nitrogen and oxygen atoms in total. The minimum Gasteiger partial charge on any atom is -0.392 e. The molecule has 0 unspecified atom stereocenters. The Kier molecular flexibility index (Phi) is 11.2. The first kappa shape index (κ1) is 34.4. The van der Waals surface area contributed by atoms with Crippen LogP contribution in [0.5, 0.6) is 0 Å². The average Bonchev–Trinajstić information content (AvgIpc) is 2.90. The van der Waals surface area contributed by atoms with Crippen molar-refractivity contribution in [2.45, 2.75) is 86.8 Å². The van der Waals surface area contributed by atoms with Gasteiger partial charge in [0.25, 0.3) is 0 Å². The molecule has 2 fully saturated rings. The smallest absolute Gasteiger partial charge is 0.392 e. The van der Waals surface area contributed by atoms with E-state index in [0.29, 0.717) is 25.9 Å². The summed E-state index contributed by atoms with van der Waals surface area (Å²) in [6, 6.07) is 10.6. The van der Waals surface area contributed by atoms with Gasteiger partial charge in [-0.05, 0) is 89.3 Å². The van der Waals surface area contributed by atoms with E-state index in [4.69, 9.17) is 0 Å². The van der Waals surface area contributed by atoms with E-state index in [1.54, 1.807) is 0 Å². The Hall–Kier alpha value is -2.14. The van der Waals surface area contributed by atoms with Crippen molar-refractivity contribution in [3.63, 3.8) is 0 Å². The summed E-state index contributed by atoms with van der Waals surface area (Å²) in [7, 11) is 7.70. The Balaban J connectivity index is 0.000000230. The van der Waals surface area contributed by atoms with Crippen molar-refractivity contribution in [1.29, 1.82) is 0 Å². The zero-order valence-electron chi connectivity index (χ0n) is 24.9. The minimum absolute atomic E-state index is 0.466. The maximum atomic E-state index is 12.7. The van der Waals surface area contributed by atoms with Gasteiger partial charge in [-0.25, -0.2) is 0 Å². The molecule has 42 heavy (non-hydrogen) atoms. The van der Waals surface area contributed by atoms with Crippen molar-refractivity contribution in [1.82, 2.24) is 9.80 Å². The lowest BCUT2D eigenvalue weighted by molar-refractivity contribution is -0.138. The number of alkyl halides is 6. The first-order valence-corrected chi connectivity index (χ1v) is 14.5. The van der Waals surface area contributed by atoms with E-state index in [0.717, 1.165) is 73.9 Å². The number of benzene rings is 2. The summed E-state index contributed by atoms with van der Waals surface area (Å²) in [4.78, 5) is 3.98. The maximum Gasteiger partial charge on any atom is 0.416 e. The van der Waals surface area contributed by atoms with Crippen LogP contribution in [0.25, 0.3) is 0 Å². The molecular weight excluding hydrogens is 558 g/mol. The lowest BCUT2D eigenvalue weighted by atomic mass is 9.67. The largest absolute Gasteiger partial charge is 0.416 e. The highest BCUT2D eigenvalue weighted by Gasteiger charge is 2.43. The van der Waals surface area contributed by atoms with Gasteiger partial charge in [0.2, 0.25) is 0 Å². The molecule has 0 radical (unpaired) electrons. The number of hydrogen-bond acceptors (Lipinski definition) is 4. The van der Waals surface area contributed by atoms with E-state index >= 15 is 0 Å². The van der Waals surface area contributed by atoms with E-state index in [1.165, 1.54) is 24.3 Å². The van der Waals surface area contributed by atoms with E-state index in [9.17, 15) is 36.6 Å². The van der Waals surface area contributed by atoms with Crippen LogP contribution in [0.1, 0.15) is 73.6 Å². The van der Waals surface area contributed by atoms with Gasteiger partial charge in [0.15, 0.2) is 0 Å². The van der Waals surface area contributed by atoms with Crippen LogP contribution < -0.4 is 0 Å². The Morgan fingerprint density at radius 1 is 0.595 bits per heavy atom. The van der Waals surface area contributed by atoms with Crippen LogP contribution in [0.3, 0.4) is 0 Å². The fourth-order valence-corrected chi connectivity index (χ4v) is 6.78. The molecular formula is C32H44F6N2O2. The van der Waals surface area contributed by atoms with Crippen molar-refractivity contribution in [3.8, 4) is 0 Å². The number of hydrogen-bond donors (Lipinski definition) is 2. The van der Waals surface area contributed by atoms with Gasteiger partial charge in [-0.3, -0.25) is 0 Å². The third kappa shape index (κ3) is 8.07. The predicted octanol–water partition coefficient (Wildman–Crippen LogP) is 6.88. The molecule has 0 heterocycles. The van der Waals surface area contributed by atoms with Gasteiger partial charge in [-0.1, -0.05) is 49.9 Å². The van der Waals surface area contributed by atoms with Crippen LogP contribution in [0.2, 0.25) is 0 Å². The zero-order chi connectivity index (χ0) is 31.3. The summed E-state index contributed by atoms with van der Waals surface area (Å²) >= 11 is 0. The van der Waals surface area contributed by atoms with Gasteiger partial charge in [0, 0.05) is 23.9 Å². The van der Waals surface area contributed by atoms with Crippen molar-refractivity contribution in [3.05, 3.63) is 70.8 Å². The lowest BCUT2D eigenvalue weighted by Gasteiger charge is -2.44. The molecule has 4 atom stereocenters. The second kappa shape index (κ2) is 13.7. The molecule has 0 bridgehead atoms. The monoisotopic (exact) mass is 602 g/mol. The molecule has 0 aliphatic heterocycles. The predicted molar refractivity (Wildman–Crippen MR) is 152 cm³/mol. The molecule has 0 aromatic heterocycles. The average molecular weight is 603 g/mol. The normalized spacial score (nSPS) is 27.1. The highest BCUT2D eigenvalue weighted by atomic mass is 19.4. The second-order valence-corrected chi connectivity index (χ2v) is 12.5. The summed E-state index contributed by atoms with van der Waals surface area (Å²) in [5, 5.41) is 21.0. The maximum absolute atomic E-state index is 12.7. The van der Waals surface area contributed by atoms with Crippen molar-refractivity contribution >= 4 is 0 Å². The Bertz CT molecular complexity index is 1030. The molecule has 2 aromatic rings. The fraction of sp³-hybridized carbons (Fsp3) is 0.625. The first-order chi connectivity index (χ1) is 19.5. The van der Waals surface area contributed by atoms with E-state index in [-0.39, 0.29) is 0 Å². The number of aliphatic hydroxyl groups excluding tert-OH is 2. The van der Waals surface area contributed by atoms with Gasteiger partial charge < -0.3 is 20.0 Å². The number of halogens is 6. The standard InChI is InChI=1S/2C16H22F3NO/c2*1-20(2)11-15(10-4-3-5-14(15)21)12-6-8-13(9-7-12)16(17,18)19/h2*6-9,14,21H,3-5,10-11H2,1-2H3/t2*14-,15-/m10/s1. The number of rotatable bonds is 6. The SMILES string of the molecule is CN(C)C[C@@]1(c2ccc(C(F)(F)F)cc2)CCCC[C@H]1O.CN(C)C[C@]1(c2ccc(C(F)(F)F)cc2)CCCC[C@@H]1O. The van der Waals surface area contributed by atoms with Gasteiger partial charge in [0.05, 0.1) is 23.3 Å². The molecule has 2 aliphatic rings. The van der Waals surface area contributed by atoms with Crippen LogP contribution in [0.4, 0.5) is 26.3 Å². The molecule has 2 aromatic carbocycles. The second-order valence-electron chi connectivity index (χ2n) is 12.5. The van der Waals surface area contributed by atoms with Crippen LogP contribution >= 0.6 is 0 Å². The minimum atomic E-state index is -4.32. The lowest BCUT2D eigenvalue weighted by Crippen LogP contribution is -2.49. The van der Waals surface area contributed by atoms with E-state index in [1.807, 2.05) is 38.0 Å². The van der Waals surface area contributed by atoms with E-state index in [2.05, 4.69) is 0 Å². The Morgan fingerprint density at radius 2 is 0.905 bits per heavy atom. The van der Waals surface area contributed by atoms with Crippen LogP contribution in [-0.4, -0.2) is 73.5 Å². The number of aliphatic hydroxyl groups is 2. The molecule has 4 rings (SSSR count). The van der Waals surface area contributed by atoms with Crippen molar-refractivity contribution in [2.75, 3.05) is 41.3 Å². The molecule has 236 valence electrons. The molecule has 0 spiro atoms.